The first-order chi connectivity index (χ1) is 7.99. The van der Waals surface area contributed by atoms with Crippen LogP contribution in [-0.4, -0.2) is 35.7 Å². The molecular weight excluding hydrogens is 210 g/mol. The van der Waals surface area contributed by atoms with Gasteiger partial charge in [-0.2, -0.15) is 0 Å². The minimum atomic E-state index is -0.127. The molecule has 2 nitrogen and oxygen atoms in total. The first-order valence-corrected chi connectivity index (χ1v) is 7.37. The van der Waals surface area contributed by atoms with Crippen LogP contribution in [0.1, 0.15) is 59.3 Å². The van der Waals surface area contributed by atoms with Gasteiger partial charge in [0.25, 0.3) is 0 Å². The van der Waals surface area contributed by atoms with E-state index in [-0.39, 0.29) is 6.10 Å². The number of aliphatic hydroxyl groups is 1. The van der Waals surface area contributed by atoms with E-state index in [0.29, 0.717) is 6.04 Å². The zero-order valence-corrected chi connectivity index (χ0v) is 12.2. The molecule has 0 aliphatic heterocycles. The van der Waals surface area contributed by atoms with E-state index in [1.54, 1.807) is 0 Å². The molecule has 2 heteroatoms. The fourth-order valence-electron chi connectivity index (χ4n) is 3.08. The summed E-state index contributed by atoms with van der Waals surface area (Å²) in [6, 6.07) is 0.577. The maximum Gasteiger partial charge on any atom is 0.0669 e. The molecule has 0 spiro atoms. The van der Waals surface area contributed by atoms with Crippen molar-refractivity contribution in [2.75, 3.05) is 13.6 Å². The van der Waals surface area contributed by atoms with Crippen LogP contribution >= 0.6 is 0 Å². The SMILES string of the molecule is CC(C)CC(C)N(C)CC(O)CC1CCCC1. The largest absolute Gasteiger partial charge is 0.392 e. The molecule has 0 aromatic carbocycles. The van der Waals surface area contributed by atoms with Crippen molar-refractivity contribution in [1.82, 2.24) is 4.90 Å². The molecule has 0 amide bonds. The highest BCUT2D eigenvalue weighted by molar-refractivity contribution is 4.74. The lowest BCUT2D eigenvalue weighted by molar-refractivity contribution is 0.0830. The monoisotopic (exact) mass is 241 g/mol. The number of aliphatic hydroxyl groups excluding tert-OH is 1. The van der Waals surface area contributed by atoms with E-state index in [1.165, 1.54) is 32.1 Å². The van der Waals surface area contributed by atoms with Gasteiger partial charge < -0.3 is 10.0 Å². The highest BCUT2D eigenvalue weighted by Crippen LogP contribution is 2.28. The van der Waals surface area contributed by atoms with Crippen LogP contribution in [0, 0.1) is 11.8 Å². The Morgan fingerprint density at radius 2 is 1.76 bits per heavy atom. The second-order valence-electron chi connectivity index (χ2n) is 6.46. The van der Waals surface area contributed by atoms with Crippen molar-refractivity contribution < 1.29 is 5.11 Å². The summed E-state index contributed by atoms with van der Waals surface area (Å²) in [7, 11) is 2.14. The van der Waals surface area contributed by atoms with E-state index in [1.807, 2.05) is 0 Å². The predicted octanol–water partition coefficient (Wildman–Crippen LogP) is 3.29. The molecule has 1 aliphatic rings. The molecule has 1 saturated carbocycles. The van der Waals surface area contributed by atoms with Crippen molar-refractivity contribution >= 4 is 0 Å². The third-order valence-corrected chi connectivity index (χ3v) is 4.14. The van der Waals surface area contributed by atoms with Crippen molar-refractivity contribution in [3.63, 3.8) is 0 Å². The lowest BCUT2D eigenvalue weighted by Gasteiger charge is -2.29. The molecule has 2 atom stereocenters. The minimum Gasteiger partial charge on any atom is -0.392 e. The highest BCUT2D eigenvalue weighted by Gasteiger charge is 2.21. The van der Waals surface area contributed by atoms with Gasteiger partial charge in [0.15, 0.2) is 0 Å². The van der Waals surface area contributed by atoms with Gasteiger partial charge in [-0.05, 0) is 38.6 Å². The zero-order chi connectivity index (χ0) is 12.8. The molecule has 0 radical (unpaired) electrons. The summed E-state index contributed by atoms with van der Waals surface area (Å²) in [5, 5.41) is 10.1. The van der Waals surface area contributed by atoms with Crippen molar-refractivity contribution in [2.24, 2.45) is 11.8 Å². The Balaban J connectivity index is 2.21. The molecule has 0 aromatic heterocycles. The normalized spacial score (nSPS) is 21.4. The molecule has 1 fully saturated rings. The van der Waals surface area contributed by atoms with Gasteiger partial charge in [0.05, 0.1) is 6.10 Å². The Morgan fingerprint density at radius 1 is 1.18 bits per heavy atom. The lowest BCUT2D eigenvalue weighted by Crippen LogP contribution is -2.37. The number of nitrogens with zero attached hydrogens (tertiary/aromatic N) is 1. The Bertz CT molecular complexity index is 199. The summed E-state index contributed by atoms with van der Waals surface area (Å²) in [5.41, 5.74) is 0. The van der Waals surface area contributed by atoms with Crippen LogP contribution in [0.4, 0.5) is 0 Å². The predicted molar refractivity (Wildman–Crippen MR) is 74.1 cm³/mol. The number of rotatable bonds is 7. The fraction of sp³-hybridized carbons (Fsp3) is 1.00. The van der Waals surface area contributed by atoms with Crippen LogP contribution in [0.25, 0.3) is 0 Å². The van der Waals surface area contributed by atoms with E-state index >= 15 is 0 Å². The molecule has 1 rings (SSSR count). The molecular formula is C15H31NO. The van der Waals surface area contributed by atoms with Gasteiger partial charge in [0, 0.05) is 12.6 Å². The summed E-state index contributed by atoms with van der Waals surface area (Å²) in [4.78, 5) is 2.32. The molecule has 0 saturated heterocycles. The van der Waals surface area contributed by atoms with E-state index in [0.717, 1.165) is 24.8 Å². The molecule has 0 aromatic rings. The van der Waals surface area contributed by atoms with Gasteiger partial charge in [0.1, 0.15) is 0 Å². The second-order valence-corrected chi connectivity index (χ2v) is 6.46. The van der Waals surface area contributed by atoms with Gasteiger partial charge in [-0.15, -0.1) is 0 Å². The van der Waals surface area contributed by atoms with Gasteiger partial charge >= 0.3 is 0 Å². The van der Waals surface area contributed by atoms with Crippen LogP contribution < -0.4 is 0 Å². The van der Waals surface area contributed by atoms with Crippen molar-refractivity contribution in [3.8, 4) is 0 Å². The summed E-state index contributed by atoms with van der Waals surface area (Å²) in [6.45, 7) is 7.63. The van der Waals surface area contributed by atoms with Crippen molar-refractivity contribution in [3.05, 3.63) is 0 Å². The van der Waals surface area contributed by atoms with E-state index < -0.39 is 0 Å². The Hall–Kier alpha value is -0.0800. The lowest BCUT2D eigenvalue weighted by atomic mass is 9.99. The second kappa shape index (κ2) is 7.38. The van der Waals surface area contributed by atoms with Crippen molar-refractivity contribution in [2.45, 2.75) is 71.4 Å². The number of hydrogen-bond acceptors (Lipinski definition) is 2. The third-order valence-electron chi connectivity index (χ3n) is 4.14. The zero-order valence-electron chi connectivity index (χ0n) is 12.2. The molecule has 2 unspecified atom stereocenters. The van der Waals surface area contributed by atoms with Gasteiger partial charge in [0.2, 0.25) is 0 Å². The molecule has 17 heavy (non-hydrogen) atoms. The maximum atomic E-state index is 10.1. The standard InChI is InChI=1S/C15H31NO/c1-12(2)9-13(3)16(4)11-15(17)10-14-7-5-6-8-14/h12-15,17H,5-11H2,1-4H3. The average molecular weight is 241 g/mol. The smallest absolute Gasteiger partial charge is 0.0669 e. The third kappa shape index (κ3) is 5.87. The summed E-state index contributed by atoms with van der Waals surface area (Å²) >= 11 is 0. The minimum absolute atomic E-state index is 0.127. The van der Waals surface area contributed by atoms with Gasteiger partial charge in [-0.25, -0.2) is 0 Å². The van der Waals surface area contributed by atoms with E-state index in [4.69, 9.17) is 0 Å². The van der Waals surface area contributed by atoms with Gasteiger partial charge in [-0.1, -0.05) is 39.5 Å². The molecule has 1 aliphatic carbocycles. The van der Waals surface area contributed by atoms with Crippen molar-refractivity contribution in [1.29, 1.82) is 0 Å². The number of likely N-dealkylation sites (N-methyl/N-ethyl adjacent to an activating group) is 1. The maximum absolute atomic E-state index is 10.1. The average Bonchev–Trinajstić information content (AvgIpc) is 2.68. The summed E-state index contributed by atoms with van der Waals surface area (Å²) in [5.74, 6) is 1.53. The van der Waals surface area contributed by atoms with E-state index in [9.17, 15) is 5.11 Å². The van der Waals surface area contributed by atoms with Crippen LogP contribution in [0.3, 0.4) is 0 Å². The molecule has 102 valence electrons. The molecule has 0 heterocycles. The summed E-state index contributed by atoms with van der Waals surface area (Å²) < 4.78 is 0. The van der Waals surface area contributed by atoms with E-state index in [2.05, 4.69) is 32.7 Å². The Morgan fingerprint density at radius 3 is 2.29 bits per heavy atom. The molecule has 1 N–H and O–H groups in total. The first kappa shape index (κ1) is 15.0. The van der Waals surface area contributed by atoms with Crippen LogP contribution in [0.15, 0.2) is 0 Å². The quantitative estimate of drug-likeness (QED) is 0.739. The first-order valence-electron chi connectivity index (χ1n) is 7.37. The Kier molecular flexibility index (Phi) is 6.50. The van der Waals surface area contributed by atoms with Gasteiger partial charge in [-0.3, -0.25) is 0 Å². The highest BCUT2D eigenvalue weighted by atomic mass is 16.3. The number of hydrogen-bond donors (Lipinski definition) is 1. The Labute approximate surface area is 107 Å². The topological polar surface area (TPSA) is 23.5 Å². The molecule has 0 bridgehead atoms. The van der Waals surface area contributed by atoms with Crippen LogP contribution in [0.5, 0.6) is 0 Å². The van der Waals surface area contributed by atoms with Crippen LogP contribution in [0.2, 0.25) is 0 Å². The summed E-state index contributed by atoms with van der Waals surface area (Å²) in [6.07, 6.45) is 7.52. The fourth-order valence-corrected chi connectivity index (χ4v) is 3.08. The van der Waals surface area contributed by atoms with Crippen LogP contribution in [-0.2, 0) is 0 Å².